The van der Waals surface area contributed by atoms with Gasteiger partial charge in [0.15, 0.2) is 0 Å². The van der Waals surface area contributed by atoms with Crippen LogP contribution in [0.4, 0.5) is 11.4 Å². The van der Waals surface area contributed by atoms with Crippen molar-refractivity contribution in [3.05, 3.63) is 23.8 Å². The van der Waals surface area contributed by atoms with Gasteiger partial charge < -0.3 is 4.90 Å². The SMILES string of the molecule is CCCN(CC)c1ccc(C)c(NS(C)(=O)=O)c1. The Hall–Kier alpha value is -1.23. The standard InChI is InChI=1S/C13H22N2O2S/c1-5-9-15(6-2)12-8-7-11(3)13(10-12)14-18(4,16)17/h7-8,10,14H,5-6,9H2,1-4H3. The second kappa shape index (κ2) is 6.09. The smallest absolute Gasteiger partial charge is 0.229 e. The van der Waals surface area contributed by atoms with Crippen LogP contribution in [0.15, 0.2) is 18.2 Å². The van der Waals surface area contributed by atoms with E-state index in [1.54, 1.807) is 0 Å². The molecule has 18 heavy (non-hydrogen) atoms. The number of anilines is 2. The number of nitrogens with zero attached hydrogens (tertiary/aromatic N) is 1. The highest BCUT2D eigenvalue weighted by atomic mass is 32.2. The fraction of sp³-hybridized carbons (Fsp3) is 0.538. The molecule has 0 radical (unpaired) electrons. The molecule has 0 bridgehead atoms. The fourth-order valence-corrected chi connectivity index (χ4v) is 2.48. The van der Waals surface area contributed by atoms with E-state index in [2.05, 4.69) is 23.5 Å². The van der Waals surface area contributed by atoms with Crippen LogP contribution in [-0.2, 0) is 10.0 Å². The van der Waals surface area contributed by atoms with E-state index in [1.807, 2.05) is 25.1 Å². The molecule has 0 amide bonds. The van der Waals surface area contributed by atoms with Crippen molar-refractivity contribution in [2.24, 2.45) is 0 Å². The predicted molar refractivity (Wildman–Crippen MR) is 77.8 cm³/mol. The maximum absolute atomic E-state index is 11.3. The summed E-state index contributed by atoms with van der Waals surface area (Å²) in [5.41, 5.74) is 2.64. The molecule has 0 fully saturated rings. The molecule has 0 aliphatic carbocycles. The number of rotatable bonds is 6. The van der Waals surface area contributed by atoms with Crippen molar-refractivity contribution >= 4 is 21.4 Å². The Labute approximate surface area is 110 Å². The van der Waals surface area contributed by atoms with Crippen molar-refractivity contribution in [2.45, 2.75) is 27.2 Å². The Morgan fingerprint density at radius 1 is 1.28 bits per heavy atom. The van der Waals surface area contributed by atoms with Crippen molar-refractivity contribution < 1.29 is 8.42 Å². The highest BCUT2D eigenvalue weighted by Gasteiger charge is 2.09. The van der Waals surface area contributed by atoms with Gasteiger partial charge in [0.25, 0.3) is 0 Å². The van der Waals surface area contributed by atoms with Gasteiger partial charge in [-0.2, -0.15) is 0 Å². The van der Waals surface area contributed by atoms with Gasteiger partial charge in [-0.3, -0.25) is 4.72 Å². The van der Waals surface area contributed by atoms with Crippen LogP contribution >= 0.6 is 0 Å². The first kappa shape index (κ1) is 14.8. The Morgan fingerprint density at radius 2 is 1.94 bits per heavy atom. The van der Waals surface area contributed by atoms with Gasteiger partial charge in [-0.05, 0) is 38.0 Å². The van der Waals surface area contributed by atoms with Crippen molar-refractivity contribution in [3.63, 3.8) is 0 Å². The minimum absolute atomic E-state index is 0.657. The van der Waals surface area contributed by atoms with Crippen LogP contribution in [0.3, 0.4) is 0 Å². The zero-order chi connectivity index (χ0) is 13.8. The molecular weight excluding hydrogens is 248 g/mol. The van der Waals surface area contributed by atoms with Crippen molar-refractivity contribution in [1.29, 1.82) is 0 Å². The molecule has 0 unspecified atom stereocenters. The van der Waals surface area contributed by atoms with Gasteiger partial charge in [0.1, 0.15) is 0 Å². The number of nitrogens with one attached hydrogen (secondary N) is 1. The molecule has 1 aromatic rings. The largest absolute Gasteiger partial charge is 0.372 e. The molecule has 0 spiro atoms. The number of benzene rings is 1. The van der Waals surface area contributed by atoms with Crippen LogP contribution in [0.1, 0.15) is 25.8 Å². The maximum atomic E-state index is 11.3. The van der Waals surface area contributed by atoms with E-state index in [9.17, 15) is 8.42 Å². The highest BCUT2D eigenvalue weighted by molar-refractivity contribution is 7.92. The Bertz CT molecular complexity index is 498. The van der Waals surface area contributed by atoms with Gasteiger partial charge in [0, 0.05) is 18.8 Å². The van der Waals surface area contributed by atoms with Crippen LogP contribution in [0.25, 0.3) is 0 Å². The minimum atomic E-state index is -3.23. The summed E-state index contributed by atoms with van der Waals surface area (Å²) in [4.78, 5) is 2.23. The van der Waals surface area contributed by atoms with Gasteiger partial charge in [-0.1, -0.05) is 13.0 Å². The molecule has 0 saturated carbocycles. The van der Waals surface area contributed by atoms with Crippen LogP contribution in [0.2, 0.25) is 0 Å². The zero-order valence-corrected chi connectivity index (χ0v) is 12.3. The first-order chi connectivity index (χ1) is 8.37. The van der Waals surface area contributed by atoms with Gasteiger partial charge in [-0.15, -0.1) is 0 Å². The topological polar surface area (TPSA) is 49.4 Å². The third-order valence-corrected chi connectivity index (χ3v) is 3.35. The van der Waals surface area contributed by atoms with Crippen LogP contribution in [0, 0.1) is 6.92 Å². The molecule has 1 rings (SSSR count). The molecule has 1 N–H and O–H groups in total. The van der Waals surface area contributed by atoms with E-state index in [-0.39, 0.29) is 0 Å². The number of aryl methyl sites for hydroxylation is 1. The lowest BCUT2D eigenvalue weighted by atomic mass is 10.1. The summed E-state index contributed by atoms with van der Waals surface area (Å²) in [5, 5.41) is 0. The second-order valence-electron chi connectivity index (χ2n) is 4.45. The van der Waals surface area contributed by atoms with Gasteiger partial charge >= 0.3 is 0 Å². The fourth-order valence-electron chi connectivity index (χ4n) is 1.86. The Morgan fingerprint density at radius 3 is 2.44 bits per heavy atom. The zero-order valence-electron chi connectivity index (χ0n) is 11.5. The molecular formula is C13H22N2O2S. The molecule has 1 aromatic carbocycles. The summed E-state index contributed by atoms with van der Waals surface area (Å²) in [6.07, 6.45) is 2.24. The predicted octanol–water partition coefficient (Wildman–Crippen LogP) is 2.60. The number of hydrogen-bond donors (Lipinski definition) is 1. The van der Waals surface area contributed by atoms with Crippen molar-refractivity contribution in [2.75, 3.05) is 29.0 Å². The van der Waals surface area contributed by atoms with Crippen molar-refractivity contribution in [3.8, 4) is 0 Å². The maximum Gasteiger partial charge on any atom is 0.229 e. The van der Waals surface area contributed by atoms with E-state index < -0.39 is 10.0 Å². The molecule has 4 nitrogen and oxygen atoms in total. The van der Waals surface area contributed by atoms with Gasteiger partial charge in [-0.25, -0.2) is 8.42 Å². The first-order valence-electron chi connectivity index (χ1n) is 6.20. The van der Waals surface area contributed by atoms with E-state index >= 15 is 0 Å². The summed E-state index contributed by atoms with van der Waals surface area (Å²) < 4.78 is 25.2. The number of sulfonamides is 1. The third kappa shape index (κ3) is 4.22. The van der Waals surface area contributed by atoms with Crippen LogP contribution in [-0.4, -0.2) is 27.8 Å². The summed E-state index contributed by atoms with van der Waals surface area (Å²) in [5.74, 6) is 0. The molecule has 0 saturated heterocycles. The lowest BCUT2D eigenvalue weighted by Crippen LogP contribution is -2.23. The lowest BCUT2D eigenvalue weighted by molar-refractivity contribution is 0.607. The van der Waals surface area contributed by atoms with E-state index in [0.29, 0.717) is 5.69 Å². The van der Waals surface area contributed by atoms with E-state index in [4.69, 9.17) is 0 Å². The molecule has 5 heteroatoms. The van der Waals surface area contributed by atoms with Gasteiger partial charge in [0.05, 0.1) is 11.9 Å². The Kier molecular flexibility index (Phi) is 5.02. The first-order valence-corrected chi connectivity index (χ1v) is 8.10. The molecule has 0 aliphatic heterocycles. The van der Waals surface area contributed by atoms with Crippen LogP contribution in [0.5, 0.6) is 0 Å². The molecule has 0 aliphatic rings. The summed E-state index contributed by atoms with van der Waals surface area (Å²) in [6, 6.07) is 5.87. The van der Waals surface area contributed by atoms with Crippen LogP contribution < -0.4 is 9.62 Å². The van der Waals surface area contributed by atoms with E-state index in [1.165, 1.54) is 6.26 Å². The molecule has 102 valence electrons. The highest BCUT2D eigenvalue weighted by Crippen LogP contribution is 2.24. The van der Waals surface area contributed by atoms with Gasteiger partial charge in [0.2, 0.25) is 10.0 Å². The van der Waals surface area contributed by atoms with Crippen molar-refractivity contribution in [1.82, 2.24) is 0 Å². The summed E-state index contributed by atoms with van der Waals surface area (Å²) >= 11 is 0. The monoisotopic (exact) mass is 270 g/mol. The molecule has 0 atom stereocenters. The molecule has 0 heterocycles. The quantitative estimate of drug-likeness (QED) is 0.864. The number of hydrogen-bond acceptors (Lipinski definition) is 3. The third-order valence-electron chi connectivity index (χ3n) is 2.76. The average Bonchev–Trinajstić information content (AvgIpc) is 2.27. The summed E-state index contributed by atoms with van der Waals surface area (Å²) in [6.45, 7) is 8.01. The Balaban J connectivity index is 3.06. The molecule has 0 aromatic heterocycles. The summed E-state index contributed by atoms with van der Waals surface area (Å²) in [7, 11) is -3.23. The minimum Gasteiger partial charge on any atom is -0.372 e. The average molecular weight is 270 g/mol. The second-order valence-corrected chi connectivity index (χ2v) is 6.20. The normalized spacial score (nSPS) is 11.3. The van der Waals surface area contributed by atoms with E-state index in [0.717, 1.165) is 30.8 Å². The lowest BCUT2D eigenvalue weighted by Gasteiger charge is -2.23.